The molecule has 0 unspecified atom stereocenters. The quantitative estimate of drug-likeness (QED) is 0.780. The van der Waals surface area contributed by atoms with Gasteiger partial charge in [-0.2, -0.15) is 0 Å². The van der Waals surface area contributed by atoms with Gasteiger partial charge < -0.3 is 5.11 Å². The highest BCUT2D eigenvalue weighted by Crippen LogP contribution is 2.17. The molecule has 0 saturated heterocycles. The average molecular weight is 216 g/mol. The monoisotopic (exact) mass is 215 g/mol. The summed E-state index contributed by atoms with van der Waals surface area (Å²) >= 11 is 3.30. The second-order valence-corrected chi connectivity index (χ2v) is 3.45. The molecule has 0 aliphatic rings. The molecule has 60 valence electrons. The maximum Gasteiger partial charge on any atom is 0.0934 e. The topological polar surface area (TPSA) is 33.1 Å². The van der Waals surface area contributed by atoms with E-state index < -0.39 is 6.10 Å². The van der Waals surface area contributed by atoms with Gasteiger partial charge in [-0.05, 0) is 41.4 Å². The number of aliphatic hydroxyl groups excluding tert-OH is 1. The zero-order valence-electron chi connectivity index (χ0n) is 6.50. The van der Waals surface area contributed by atoms with E-state index in [2.05, 4.69) is 20.9 Å². The lowest BCUT2D eigenvalue weighted by atomic mass is 10.1. The maximum absolute atomic E-state index is 9.22. The van der Waals surface area contributed by atoms with E-state index >= 15 is 0 Å². The Morgan fingerprint density at radius 3 is 2.73 bits per heavy atom. The van der Waals surface area contributed by atoms with Gasteiger partial charge in [-0.1, -0.05) is 0 Å². The first kappa shape index (κ1) is 8.68. The van der Waals surface area contributed by atoms with Crippen molar-refractivity contribution >= 4 is 15.9 Å². The third kappa shape index (κ3) is 2.01. The van der Waals surface area contributed by atoms with Gasteiger partial charge in [0.15, 0.2) is 0 Å². The number of halogens is 1. The molecule has 11 heavy (non-hydrogen) atoms. The molecule has 1 N–H and O–H groups in total. The van der Waals surface area contributed by atoms with Gasteiger partial charge in [0.05, 0.1) is 11.8 Å². The van der Waals surface area contributed by atoms with Crippen LogP contribution in [0.4, 0.5) is 0 Å². The van der Waals surface area contributed by atoms with Crippen molar-refractivity contribution in [1.82, 2.24) is 4.98 Å². The van der Waals surface area contributed by atoms with E-state index in [-0.39, 0.29) is 0 Å². The first-order chi connectivity index (χ1) is 5.11. The molecule has 0 aromatic carbocycles. The summed E-state index contributed by atoms with van der Waals surface area (Å²) in [4.78, 5) is 4.08. The number of aliphatic hydroxyl groups is 1. The van der Waals surface area contributed by atoms with Crippen LogP contribution in [-0.4, -0.2) is 10.1 Å². The number of rotatable bonds is 1. The molecule has 3 heteroatoms. The van der Waals surface area contributed by atoms with Crippen molar-refractivity contribution in [1.29, 1.82) is 0 Å². The predicted molar refractivity (Wildman–Crippen MR) is 47.3 cm³/mol. The summed E-state index contributed by atoms with van der Waals surface area (Å²) in [6, 6.07) is 1.94. The molecule has 0 aliphatic heterocycles. The SMILES string of the molecule is Cc1cc(Br)cnc1[C@H](C)O. The molecule has 1 aromatic heterocycles. The van der Waals surface area contributed by atoms with Crippen LogP contribution in [0.2, 0.25) is 0 Å². The largest absolute Gasteiger partial charge is 0.387 e. The van der Waals surface area contributed by atoms with Gasteiger partial charge in [0.1, 0.15) is 0 Å². The van der Waals surface area contributed by atoms with E-state index in [4.69, 9.17) is 0 Å². The standard InChI is InChI=1S/C8H10BrNO/c1-5-3-7(9)4-10-8(5)6(2)11/h3-4,6,11H,1-2H3/t6-/m0/s1. The summed E-state index contributed by atoms with van der Waals surface area (Å²) in [7, 11) is 0. The van der Waals surface area contributed by atoms with Crippen LogP contribution in [0.15, 0.2) is 16.7 Å². The van der Waals surface area contributed by atoms with E-state index in [0.29, 0.717) is 0 Å². The Morgan fingerprint density at radius 2 is 2.27 bits per heavy atom. The van der Waals surface area contributed by atoms with Crippen molar-refractivity contribution in [3.8, 4) is 0 Å². The van der Waals surface area contributed by atoms with Crippen molar-refractivity contribution < 1.29 is 5.11 Å². The van der Waals surface area contributed by atoms with Crippen LogP contribution in [0.5, 0.6) is 0 Å². The van der Waals surface area contributed by atoms with Gasteiger partial charge in [-0.3, -0.25) is 4.98 Å². The minimum absolute atomic E-state index is 0.483. The lowest BCUT2D eigenvalue weighted by Crippen LogP contribution is -1.98. The summed E-state index contributed by atoms with van der Waals surface area (Å²) in [6.07, 6.45) is 1.21. The average Bonchev–Trinajstić information content (AvgIpc) is 1.85. The molecular weight excluding hydrogens is 206 g/mol. The third-order valence-electron chi connectivity index (χ3n) is 1.48. The van der Waals surface area contributed by atoms with Gasteiger partial charge in [0, 0.05) is 10.7 Å². The fourth-order valence-electron chi connectivity index (χ4n) is 0.988. The second kappa shape index (κ2) is 3.32. The Morgan fingerprint density at radius 1 is 1.64 bits per heavy atom. The normalized spacial score (nSPS) is 13.1. The number of hydrogen-bond acceptors (Lipinski definition) is 2. The number of nitrogens with zero attached hydrogens (tertiary/aromatic N) is 1. The van der Waals surface area contributed by atoms with Crippen LogP contribution in [0, 0.1) is 6.92 Å². The van der Waals surface area contributed by atoms with E-state index in [1.165, 1.54) is 0 Å². The molecule has 1 aromatic rings. The minimum atomic E-state index is -0.483. The Bertz CT molecular complexity index is 260. The molecular formula is C8H10BrNO. The highest BCUT2D eigenvalue weighted by Gasteiger charge is 2.05. The summed E-state index contributed by atoms with van der Waals surface area (Å²) in [5.74, 6) is 0. The van der Waals surface area contributed by atoms with Crippen molar-refractivity contribution in [2.75, 3.05) is 0 Å². The van der Waals surface area contributed by atoms with E-state index in [9.17, 15) is 5.11 Å². The lowest BCUT2D eigenvalue weighted by Gasteiger charge is -2.06. The Hall–Kier alpha value is -0.410. The zero-order chi connectivity index (χ0) is 8.43. The number of aromatic nitrogens is 1. The molecule has 0 spiro atoms. The number of aryl methyl sites for hydroxylation is 1. The van der Waals surface area contributed by atoms with Gasteiger partial charge >= 0.3 is 0 Å². The predicted octanol–water partition coefficient (Wildman–Crippen LogP) is 2.21. The van der Waals surface area contributed by atoms with E-state index in [1.54, 1.807) is 13.1 Å². The van der Waals surface area contributed by atoms with Gasteiger partial charge in [0.25, 0.3) is 0 Å². The summed E-state index contributed by atoms with van der Waals surface area (Å²) in [5, 5.41) is 9.22. The molecule has 0 saturated carbocycles. The van der Waals surface area contributed by atoms with Crippen molar-refractivity contribution in [3.05, 3.63) is 28.0 Å². The van der Waals surface area contributed by atoms with Gasteiger partial charge in [0.2, 0.25) is 0 Å². The first-order valence-corrected chi connectivity index (χ1v) is 4.20. The summed E-state index contributed by atoms with van der Waals surface area (Å²) in [5.41, 5.74) is 1.75. The molecule has 0 bridgehead atoms. The summed E-state index contributed by atoms with van der Waals surface area (Å²) in [6.45, 7) is 3.64. The van der Waals surface area contributed by atoms with Crippen molar-refractivity contribution in [2.24, 2.45) is 0 Å². The lowest BCUT2D eigenvalue weighted by molar-refractivity contribution is 0.193. The van der Waals surface area contributed by atoms with E-state index in [1.807, 2.05) is 13.0 Å². The molecule has 2 nitrogen and oxygen atoms in total. The smallest absolute Gasteiger partial charge is 0.0934 e. The number of hydrogen-bond donors (Lipinski definition) is 1. The highest BCUT2D eigenvalue weighted by atomic mass is 79.9. The molecule has 0 aliphatic carbocycles. The maximum atomic E-state index is 9.22. The second-order valence-electron chi connectivity index (χ2n) is 2.53. The molecule has 1 heterocycles. The van der Waals surface area contributed by atoms with E-state index in [0.717, 1.165) is 15.7 Å². The van der Waals surface area contributed by atoms with Crippen LogP contribution in [0.3, 0.4) is 0 Å². The third-order valence-corrected chi connectivity index (χ3v) is 1.91. The zero-order valence-corrected chi connectivity index (χ0v) is 8.09. The van der Waals surface area contributed by atoms with Crippen molar-refractivity contribution in [2.45, 2.75) is 20.0 Å². The molecule has 0 amide bonds. The fourth-order valence-corrected chi connectivity index (χ4v) is 1.43. The minimum Gasteiger partial charge on any atom is -0.387 e. The highest BCUT2D eigenvalue weighted by molar-refractivity contribution is 9.10. The van der Waals surface area contributed by atoms with Crippen molar-refractivity contribution in [3.63, 3.8) is 0 Å². The number of pyridine rings is 1. The van der Waals surface area contributed by atoms with Crippen LogP contribution < -0.4 is 0 Å². The van der Waals surface area contributed by atoms with Crippen LogP contribution >= 0.6 is 15.9 Å². The molecule has 0 radical (unpaired) electrons. The Labute approximate surface area is 74.4 Å². The molecule has 0 fully saturated rings. The van der Waals surface area contributed by atoms with Crippen LogP contribution in [0.1, 0.15) is 24.3 Å². The Kier molecular flexibility index (Phi) is 2.62. The van der Waals surface area contributed by atoms with Crippen LogP contribution in [-0.2, 0) is 0 Å². The van der Waals surface area contributed by atoms with Crippen LogP contribution in [0.25, 0.3) is 0 Å². The molecule has 1 rings (SSSR count). The fraction of sp³-hybridized carbons (Fsp3) is 0.375. The Balaban J connectivity index is 3.09. The first-order valence-electron chi connectivity index (χ1n) is 3.41. The summed E-state index contributed by atoms with van der Waals surface area (Å²) < 4.78 is 0.944. The van der Waals surface area contributed by atoms with Gasteiger partial charge in [-0.25, -0.2) is 0 Å². The molecule has 1 atom stereocenters. The van der Waals surface area contributed by atoms with Gasteiger partial charge in [-0.15, -0.1) is 0 Å².